The Morgan fingerprint density at radius 3 is 1.00 bits per heavy atom. The summed E-state index contributed by atoms with van der Waals surface area (Å²) >= 11 is 44.9. The summed E-state index contributed by atoms with van der Waals surface area (Å²) in [5.41, 5.74) is 0. The summed E-state index contributed by atoms with van der Waals surface area (Å²) in [7, 11) is 0. The standard InChI is InChI=1S/2C6H2Cl4/c7-3-1-4(8)6(10)2-5(3)9;7-3-1-4(8)6(10)5(9)2-3/h2*1-2H. The Morgan fingerprint density at radius 2 is 0.700 bits per heavy atom. The molecule has 0 radical (unpaired) electrons. The fourth-order valence-corrected chi connectivity index (χ4v) is 2.72. The van der Waals surface area contributed by atoms with Crippen LogP contribution in [0.25, 0.3) is 0 Å². The van der Waals surface area contributed by atoms with Crippen molar-refractivity contribution in [3.05, 3.63) is 64.4 Å². The molecule has 0 saturated carbocycles. The van der Waals surface area contributed by atoms with Crippen molar-refractivity contribution in [1.29, 1.82) is 0 Å². The molecule has 0 spiro atoms. The van der Waals surface area contributed by atoms with Crippen LogP contribution in [0.15, 0.2) is 24.3 Å². The molecule has 0 heterocycles. The maximum absolute atomic E-state index is 5.63. The summed E-state index contributed by atoms with van der Waals surface area (Å²) in [6.07, 6.45) is 0. The lowest BCUT2D eigenvalue weighted by Gasteiger charge is -1.97. The summed E-state index contributed by atoms with van der Waals surface area (Å²) < 4.78 is 0. The van der Waals surface area contributed by atoms with Crippen LogP contribution < -0.4 is 0 Å². The van der Waals surface area contributed by atoms with Gasteiger partial charge in [0.1, 0.15) is 0 Å². The first kappa shape index (κ1) is 18.8. The molecule has 0 aliphatic heterocycles. The van der Waals surface area contributed by atoms with Crippen LogP contribution >= 0.6 is 92.8 Å². The normalized spacial score (nSPS) is 10.0. The van der Waals surface area contributed by atoms with Crippen molar-refractivity contribution < 1.29 is 0 Å². The van der Waals surface area contributed by atoms with Crippen molar-refractivity contribution in [2.45, 2.75) is 0 Å². The molecule has 0 bridgehead atoms. The van der Waals surface area contributed by atoms with E-state index in [1.807, 2.05) is 0 Å². The second-order valence-electron chi connectivity index (χ2n) is 3.36. The monoisotopic (exact) mass is 428 g/mol. The molecule has 0 saturated heterocycles. The van der Waals surface area contributed by atoms with Gasteiger partial charge in [0, 0.05) is 5.02 Å². The molecular weight excluding hydrogens is 428 g/mol. The summed E-state index contributed by atoms with van der Waals surface area (Å²) in [5.74, 6) is 0. The van der Waals surface area contributed by atoms with Gasteiger partial charge >= 0.3 is 0 Å². The van der Waals surface area contributed by atoms with E-state index in [4.69, 9.17) is 92.8 Å². The SMILES string of the molecule is Clc1cc(Cl)c(Cl)c(Cl)c1.Clc1cc(Cl)c(Cl)cc1Cl. The van der Waals surface area contributed by atoms with Crippen LogP contribution in [0.5, 0.6) is 0 Å². The van der Waals surface area contributed by atoms with E-state index in [-0.39, 0.29) is 0 Å². The highest BCUT2D eigenvalue weighted by molar-refractivity contribution is 6.49. The van der Waals surface area contributed by atoms with Gasteiger partial charge in [-0.1, -0.05) is 92.8 Å². The van der Waals surface area contributed by atoms with Gasteiger partial charge in [0.05, 0.1) is 35.2 Å². The zero-order chi connectivity index (χ0) is 15.4. The maximum atomic E-state index is 5.63. The molecule has 108 valence electrons. The molecule has 2 rings (SSSR count). The summed E-state index contributed by atoms with van der Waals surface area (Å²) in [6, 6.07) is 6.09. The third-order valence-corrected chi connectivity index (χ3v) is 4.77. The third-order valence-electron chi connectivity index (χ3n) is 1.91. The van der Waals surface area contributed by atoms with E-state index in [1.165, 1.54) is 24.3 Å². The fraction of sp³-hybridized carbons (Fsp3) is 0. The van der Waals surface area contributed by atoms with Crippen molar-refractivity contribution in [2.75, 3.05) is 0 Å². The molecule has 0 aliphatic carbocycles. The van der Waals surface area contributed by atoms with E-state index >= 15 is 0 Å². The number of halogens is 8. The van der Waals surface area contributed by atoms with Gasteiger partial charge in [0.25, 0.3) is 0 Å². The zero-order valence-corrected chi connectivity index (χ0v) is 15.4. The molecule has 8 heteroatoms. The number of benzene rings is 2. The maximum Gasteiger partial charge on any atom is 0.0779 e. The molecule has 0 fully saturated rings. The fourth-order valence-electron chi connectivity index (χ4n) is 1.02. The Hall–Kier alpha value is 0.760. The molecule has 0 aliphatic rings. The summed E-state index contributed by atoms with van der Waals surface area (Å²) in [5, 5.41) is 3.23. The topological polar surface area (TPSA) is 0 Å². The predicted molar refractivity (Wildman–Crippen MR) is 93.0 cm³/mol. The molecule has 20 heavy (non-hydrogen) atoms. The van der Waals surface area contributed by atoms with Crippen LogP contribution in [0.1, 0.15) is 0 Å². The smallest absolute Gasteiger partial charge is 0.0779 e. The van der Waals surface area contributed by atoms with E-state index < -0.39 is 0 Å². The molecule has 0 amide bonds. The molecule has 2 aromatic rings. The zero-order valence-electron chi connectivity index (χ0n) is 9.33. The van der Waals surface area contributed by atoms with Gasteiger partial charge in [-0.15, -0.1) is 0 Å². The van der Waals surface area contributed by atoms with Crippen LogP contribution in [-0.4, -0.2) is 0 Å². The van der Waals surface area contributed by atoms with Gasteiger partial charge in [-0.2, -0.15) is 0 Å². The van der Waals surface area contributed by atoms with Crippen molar-refractivity contribution in [3.63, 3.8) is 0 Å². The minimum atomic E-state index is 0.340. The Morgan fingerprint density at radius 1 is 0.400 bits per heavy atom. The lowest BCUT2D eigenvalue weighted by molar-refractivity contribution is 1.70. The van der Waals surface area contributed by atoms with Crippen LogP contribution in [0.3, 0.4) is 0 Å². The quantitative estimate of drug-likeness (QED) is 0.289. The van der Waals surface area contributed by atoms with E-state index in [9.17, 15) is 0 Å². The molecule has 0 unspecified atom stereocenters. The van der Waals surface area contributed by atoms with Crippen molar-refractivity contribution in [1.82, 2.24) is 0 Å². The van der Waals surface area contributed by atoms with E-state index in [2.05, 4.69) is 0 Å². The van der Waals surface area contributed by atoms with Crippen LogP contribution in [-0.2, 0) is 0 Å². The lowest BCUT2D eigenvalue weighted by Crippen LogP contribution is -1.71. The first-order valence-electron chi connectivity index (χ1n) is 4.82. The van der Waals surface area contributed by atoms with Gasteiger partial charge in [-0.05, 0) is 24.3 Å². The third kappa shape index (κ3) is 5.51. The Kier molecular flexibility index (Phi) is 7.91. The van der Waals surface area contributed by atoms with E-state index in [0.29, 0.717) is 40.2 Å². The van der Waals surface area contributed by atoms with Crippen molar-refractivity contribution in [3.8, 4) is 0 Å². The van der Waals surface area contributed by atoms with Crippen LogP contribution in [0, 0.1) is 0 Å². The number of hydrogen-bond acceptors (Lipinski definition) is 0. The van der Waals surface area contributed by atoms with Crippen molar-refractivity contribution >= 4 is 92.8 Å². The van der Waals surface area contributed by atoms with E-state index in [0.717, 1.165) is 0 Å². The molecular formula is C12H4Cl8. The molecule has 0 atom stereocenters. The minimum Gasteiger partial charge on any atom is -0.0842 e. The van der Waals surface area contributed by atoms with Gasteiger partial charge in [-0.25, -0.2) is 0 Å². The van der Waals surface area contributed by atoms with E-state index in [1.54, 1.807) is 0 Å². The molecule has 0 N–H and O–H groups in total. The molecule has 2 aromatic carbocycles. The second kappa shape index (κ2) is 8.41. The average Bonchev–Trinajstić information content (AvgIpc) is 2.34. The highest BCUT2D eigenvalue weighted by Crippen LogP contribution is 2.33. The largest absolute Gasteiger partial charge is 0.0842 e. The highest BCUT2D eigenvalue weighted by atomic mass is 35.5. The first-order valence-corrected chi connectivity index (χ1v) is 7.84. The summed E-state index contributed by atoms with van der Waals surface area (Å²) in [4.78, 5) is 0. The highest BCUT2D eigenvalue weighted by Gasteiger charge is 2.03. The van der Waals surface area contributed by atoms with Gasteiger partial charge in [0.15, 0.2) is 0 Å². The first-order chi connectivity index (χ1) is 9.22. The Balaban J connectivity index is 0.000000200. The van der Waals surface area contributed by atoms with Gasteiger partial charge in [0.2, 0.25) is 0 Å². The number of rotatable bonds is 0. The summed E-state index contributed by atoms with van der Waals surface area (Å²) in [6.45, 7) is 0. The molecule has 0 aromatic heterocycles. The number of hydrogen-bond donors (Lipinski definition) is 0. The molecule has 0 nitrogen and oxygen atoms in total. The Bertz CT molecular complexity index is 550. The average molecular weight is 432 g/mol. The Labute approximate surface area is 156 Å². The van der Waals surface area contributed by atoms with Gasteiger partial charge < -0.3 is 0 Å². The van der Waals surface area contributed by atoms with Crippen molar-refractivity contribution in [2.24, 2.45) is 0 Å². The second-order valence-corrected chi connectivity index (χ2v) is 6.62. The van der Waals surface area contributed by atoms with Crippen LogP contribution in [0.4, 0.5) is 0 Å². The predicted octanol–water partition coefficient (Wildman–Crippen LogP) is 8.60. The van der Waals surface area contributed by atoms with Crippen LogP contribution in [0.2, 0.25) is 40.2 Å². The lowest BCUT2D eigenvalue weighted by atomic mass is 10.4. The minimum absolute atomic E-state index is 0.340. The van der Waals surface area contributed by atoms with Gasteiger partial charge in [-0.3, -0.25) is 0 Å².